The highest BCUT2D eigenvalue weighted by Crippen LogP contribution is 2.12. The fraction of sp³-hybridized carbons (Fsp3) is 0.727. The monoisotopic (exact) mass is 279 g/mol. The van der Waals surface area contributed by atoms with Crippen molar-refractivity contribution in [2.24, 2.45) is 0 Å². The second-order valence-electron chi connectivity index (χ2n) is 5.02. The SMILES string of the molecule is C=C(C)C(=O)OC[N+](C)(C)C(C)CCS(=O)(=O)[O-]. The van der Waals surface area contributed by atoms with E-state index in [-0.39, 0.29) is 23.7 Å². The van der Waals surface area contributed by atoms with Crippen LogP contribution < -0.4 is 0 Å². The maximum Gasteiger partial charge on any atom is 0.337 e. The molecule has 0 aromatic rings. The molecule has 7 heteroatoms. The van der Waals surface area contributed by atoms with Gasteiger partial charge in [-0.1, -0.05) is 6.58 Å². The molecule has 0 N–H and O–H groups in total. The number of nitrogens with zero attached hydrogens (tertiary/aromatic N) is 1. The molecule has 0 aliphatic rings. The summed E-state index contributed by atoms with van der Waals surface area (Å²) in [5.74, 6) is -0.894. The maximum absolute atomic E-state index is 11.3. The average Bonchev–Trinajstić information content (AvgIpc) is 2.21. The van der Waals surface area contributed by atoms with Crippen molar-refractivity contribution in [2.75, 3.05) is 26.6 Å². The number of esters is 1. The van der Waals surface area contributed by atoms with E-state index in [0.29, 0.717) is 5.57 Å². The van der Waals surface area contributed by atoms with Crippen molar-refractivity contribution in [3.05, 3.63) is 12.2 Å². The minimum absolute atomic E-state index is 0.103. The second kappa shape index (κ2) is 6.31. The molecule has 0 aliphatic carbocycles. The first-order chi connectivity index (χ1) is 7.96. The number of quaternary nitrogens is 1. The normalized spacial score (nSPS) is 14.1. The highest BCUT2D eigenvalue weighted by molar-refractivity contribution is 7.85. The Kier molecular flexibility index (Phi) is 5.98. The largest absolute Gasteiger partial charge is 0.748 e. The van der Waals surface area contributed by atoms with Gasteiger partial charge in [-0.25, -0.2) is 13.2 Å². The summed E-state index contributed by atoms with van der Waals surface area (Å²) in [4.78, 5) is 11.3. The van der Waals surface area contributed by atoms with Crippen molar-refractivity contribution in [1.29, 1.82) is 0 Å². The van der Waals surface area contributed by atoms with Crippen LogP contribution in [0, 0.1) is 0 Å². The van der Waals surface area contributed by atoms with E-state index in [1.165, 1.54) is 0 Å². The van der Waals surface area contributed by atoms with Gasteiger partial charge in [0.25, 0.3) is 0 Å². The molecule has 1 unspecified atom stereocenters. The minimum Gasteiger partial charge on any atom is -0.748 e. The van der Waals surface area contributed by atoms with Crippen molar-refractivity contribution in [1.82, 2.24) is 0 Å². The third-order valence-electron chi connectivity index (χ3n) is 2.86. The molecule has 0 fully saturated rings. The fourth-order valence-electron chi connectivity index (χ4n) is 1.14. The van der Waals surface area contributed by atoms with Crippen LogP contribution in [0.2, 0.25) is 0 Å². The summed E-state index contributed by atoms with van der Waals surface area (Å²) >= 11 is 0. The van der Waals surface area contributed by atoms with E-state index >= 15 is 0 Å². The molecule has 0 bridgehead atoms. The van der Waals surface area contributed by atoms with Crippen LogP contribution in [0.1, 0.15) is 20.3 Å². The summed E-state index contributed by atoms with van der Waals surface area (Å²) in [6, 6.07) is -0.119. The first-order valence-electron chi connectivity index (χ1n) is 5.54. The van der Waals surface area contributed by atoms with Crippen LogP contribution in [0.25, 0.3) is 0 Å². The molecule has 106 valence electrons. The summed E-state index contributed by atoms with van der Waals surface area (Å²) < 4.78 is 37.0. The van der Waals surface area contributed by atoms with Crippen LogP contribution >= 0.6 is 0 Å². The van der Waals surface area contributed by atoms with Gasteiger partial charge in [-0.2, -0.15) is 0 Å². The molecule has 6 nitrogen and oxygen atoms in total. The van der Waals surface area contributed by atoms with E-state index in [1.807, 2.05) is 0 Å². The lowest BCUT2D eigenvalue weighted by Crippen LogP contribution is -2.49. The van der Waals surface area contributed by atoms with Crippen molar-refractivity contribution in [2.45, 2.75) is 26.3 Å². The Morgan fingerprint density at radius 2 is 1.94 bits per heavy atom. The van der Waals surface area contributed by atoms with Gasteiger partial charge in [-0.3, -0.25) is 4.48 Å². The lowest BCUT2D eigenvalue weighted by molar-refractivity contribution is -0.929. The topological polar surface area (TPSA) is 83.5 Å². The summed E-state index contributed by atoms with van der Waals surface area (Å²) in [5, 5.41) is 0. The van der Waals surface area contributed by atoms with Crippen LogP contribution in [-0.4, -0.2) is 56.0 Å². The number of carbonyl (C=O) groups excluding carboxylic acids is 1. The van der Waals surface area contributed by atoms with Crippen molar-refractivity contribution in [3.8, 4) is 0 Å². The lowest BCUT2D eigenvalue weighted by atomic mass is 10.2. The molecule has 0 radical (unpaired) electrons. The minimum atomic E-state index is -4.21. The molecule has 0 saturated heterocycles. The van der Waals surface area contributed by atoms with E-state index in [1.54, 1.807) is 27.9 Å². The molecule has 0 aromatic heterocycles. The first-order valence-corrected chi connectivity index (χ1v) is 7.12. The van der Waals surface area contributed by atoms with Gasteiger partial charge in [0, 0.05) is 17.7 Å². The van der Waals surface area contributed by atoms with E-state index in [4.69, 9.17) is 4.74 Å². The molecular weight excluding hydrogens is 258 g/mol. The Bertz CT molecular complexity index is 413. The predicted octanol–water partition coefficient (Wildman–Crippen LogP) is 0.463. The molecule has 0 aliphatic heterocycles. The van der Waals surface area contributed by atoms with Crippen LogP contribution in [-0.2, 0) is 19.6 Å². The number of hydrogen-bond donors (Lipinski definition) is 0. The lowest BCUT2D eigenvalue weighted by Gasteiger charge is -2.35. The molecule has 0 saturated carbocycles. The van der Waals surface area contributed by atoms with Gasteiger partial charge in [0.2, 0.25) is 6.73 Å². The van der Waals surface area contributed by atoms with Crippen LogP contribution in [0.4, 0.5) is 0 Å². The highest BCUT2D eigenvalue weighted by atomic mass is 32.2. The number of hydrogen-bond acceptors (Lipinski definition) is 5. The van der Waals surface area contributed by atoms with Crippen LogP contribution in [0.15, 0.2) is 12.2 Å². The first kappa shape index (κ1) is 17.1. The summed E-state index contributed by atoms with van der Waals surface area (Å²) in [7, 11) is -0.607. The fourth-order valence-corrected chi connectivity index (χ4v) is 1.77. The number of rotatable bonds is 7. The number of ether oxygens (including phenoxy) is 1. The Balaban J connectivity index is 4.35. The average molecular weight is 279 g/mol. The van der Waals surface area contributed by atoms with Gasteiger partial charge < -0.3 is 9.29 Å². The Hall–Kier alpha value is -0.920. The smallest absolute Gasteiger partial charge is 0.337 e. The molecule has 18 heavy (non-hydrogen) atoms. The van der Waals surface area contributed by atoms with Crippen LogP contribution in [0.3, 0.4) is 0 Å². The van der Waals surface area contributed by atoms with Gasteiger partial charge in [0.15, 0.2) is 0 Å². The van der Waals surface area contributed by atoms with Crippen molar-refractivity contribution < 1.29 is 27.0 Å². The molecule has 0 amide bonds. The summed E-state index contributed by atoms with van der Waals surface area (Å²) in [5.41, 5.74) is 0.310. The van der Waals surface area contributed by atoms with E-state index < -0.39 is 21.8 Å². The Labute approximate surface area is 109 Å². The van der Waals surface area contributed by atoms with Gasteiger partial charge in [0.05, 0.1) is 30.3 Å². The maximum atomic E-state index is 11.3. The third kappa shape index (κ3) is 6.73. The summed E-state index contributed by atoms with van der Waals surface area (Å²) in [6.07, 6.45) is 0.226. The molecule has 0 rings (SSSR count). The highest BCUT2D eigenvalue weighted by Gasteiger charge is 2.26. The van der Waals surface area contributed by atoms with Crippen LogP contribution in [0.5, 0.6) is 0 Å². The van der Waals surface area contributed by atoms with Crippen molar-refractivity contribution in [3.63, 3.8) is 0 Å². The van der Waals surface area contributed by atoms with E-state index in [0.717, 1.165) is 0 Å². The van der Waals surface area contributed by atoms with Gasteiger partial charge in [0.1, 0.15) is 0 Å². The van der Waals surface area contributed by atoms with Gasteiger partial charge in [-0.15, -0.1) is 0 Å². The second-order valence-corrected chi connectivity index (χ2v) is 6.54. The zero-order valence-electron chi connectivity index (χ0n) is 11.3. The van der Waals surface area contributed by atoms with Gasteiger partial charge >= 0.3 is 5.97 Å². The standard InChI is InChI=1S/C11H21NO5S/c1-9(2)11(13)17-8-12(4,5)10(3)6-7-18(14,15)16/h10H,1,6-8H2,2-5H3. The Morgan fingerprint density at radius 1 is 1.44 bits per heavy atom. The molecule has 0 aromatic carbocycles. The zero-order valence-corrected chi connectivity index (χ0v) is 12.1. The molecule has 0 spiro atoms. The van der Waals surface area contributed by atoms with E-state index in [9.17, 15) is 17.8 Å². The molecule has 0 heterocycles. The number of carbonyl (C=O) groups is 1. The predicted molar refractivity (Wildman–Crippen MR) is 66.5 cm³/mol. The molecular formula is C11H21NO5S. The van der Waals surface area contributed by atoms with Gasteiger partial charge in [-0.05, 0) is 13.8 Å². The summed E-state index contributed by atoms with van der Waals surface area (Å²) in [6.45, 7) is 6.93. The zero-order chi connectivity index (χ0) is 14.6. The quantitative estimate of drug-likeness (QED) is 0.222. The molecule has 1 atom stereocenters. The Morgan fingerprint density at radius 3 is 2.33 bits per heavy atom. The van der Waals surface area contributed by atoms with Crippen molar-refractivity contribution >= 4 is 16.1 Å². The third-order valence-corrected chi connectivity index (χ3v) is 3.59. The van der Waals surface area contributed by atoms with E-state index in [2.05, 4.69) is 6.58 Å².